The van der Waals surface area contributed by atoms with E-state index in [1.54, 1.807) is 0 Å². The minimum atomic E-state index is -0.525. The fraction of sp³-hybridized carbons (Fsp3) is 0.750. The predicted molar refractivity (Wildman–Crippen MR) is 47.0 cm³/mol. The van der Waals surface area contributed by atoms with Gasteiger partial charge in [-0.1, -0.05) is 0 Å². The first-order valence-electron chi connectivity index (χ1n) is 4.70. The number of nitrogens with one attached hydrogen (secondary N) is 3. The number of carbonyl (C=O) groups excluding carboxylic acids is 2. The second kappa shape index (κ2) is 3.93. The Labute approximate surface area is 81.3 Å². The Morgan fingerprint density at radius 1 is 1.57 bits per heavy atom. The van der Waals surface area contributed by atoms with Gasteiger partial charge in [0.25, 0.3) is 5.91 Å². The molecule has 0 aliphatic carbocycles. The Balaban J connectivity index is 1.84. The fourth-order valence-corrected chi connectivity index (χ4v) is 1.62. The summed E-state index contributed by atoms with van der Waals surface area (Å²) in [5.74, 6) is -0.353. The molecular weight excluding hydrogens is 186 g/mol. The number of hydrogen-bond donors (Lipinski definition) is 3. The van der Waals surface area contributed by atoms with Gasteiger partial charge in [-0.05, 0) is 13.0 Å². The largest absolute Gasteiger partial charge is 0.342 e. The normalized spacial score (nSPS) is 31.6. The van der Waals surface area contributed by atoms with Gasteiger partial charge in [0, 0.05) is 6.54 Å². The van der Waals surface area contributed by atoms with Gasteiger partial charge in [0.15, 0.2) is 0 Å². The first-order valence-corrected chi connectivity index (χ1v) is 4.70. The highest BCUT2D eigenvalue weighted by molar-refractivity contribution is 5.89. The first kappa shape index (κ1) is 9.42. The Bertz CT molecular complexity index is 250. The Morgan fingerprint density at radius 3 is 3.00 bits per heavy atom. The minimum Gasteiger partial charge on any atom is -0.342 e. The quantitative estimate of drug-likeness (QED) is 0.487. The standard InChI is InChI=1S/C8H13N3O3/c12-7(5-1-2-9-3-5)10-6-4-14-11-8(6)13/h5-6,9H,1-4H2,(H,10,12)(H,11,13)/t5-,6+/m0/s1. The van der Waals surface area contributed by atoms with Crippen LogP contribution in [0.15, 0.2) is 0 Å². The number of hydrogen-bond acceptors (Lipinski definition) is 4. The molecule has 2 amide bonds. The van der Waals surface area contributed by atoms with E-state index in [1.807, 2.05) is 0 Å². The van der Waals surface area contributed by atoms with Gasteiger partial charge in [-0.3, -0.25) is 14.4 Å². The molecule has 2 fully saturated rings. The average molecular weight is 199 g/mol. The molecule has 2 atom stereocenters. The zero-order valence-corrected chi connectivity index (χ0v) is 7.71. The Hall–Kier alpha value is -1.14. The third-order valence-corrected chi connectivity index (χ3v) is 2.49. The van der Waals surface area contributed by atoms with E-state index in [-0.39, 0.29) is 24.3 Å². The summed E-state index contributed by atoms with van der Waals surface area (Å²) in [6.07, 6.45) is 0.834. The summed E-state index contributed by atoms with van der Waals surface area (Å²) in [5.41, 5.74) is 2.20. The molecule has 2 saturated heterocycles. The van der Waals surface area contributed by atoms with E-state index >= 15 is 0 Å². The van der Waals surface area contributed by atoms with Crippen molar-refractivity contribution in [2.75, 3.05) is 19.7 Å². The second-order valence-electron chi connectivity index (χ2n) is 3.53. The third kappa shape index (κ3) is 1.85. The van der Waals surface area contributed by atoms with Gasteiger partial charge in [-0.25, -0.2) is 5.48 Å². The molecule has 3 N–H and O–H groups in total. The summed E-state index contributed by atoms with van der Waals surface area (Å²) in [6, 6.07) is -0.525. The lowest BCUT2D eigenvalue weighted by atomic mass is 10.1. The van der Waals surface area contributed by atoms with Gasteiger partial charge in [-0.15, -0.1) is 0 Å². The van der Waals surface area contributed by atoms with Crippen LogP contribution in [0.25, 0.3) is 0 Å². The van der Waals surface area contributed by atoms with Crippen molar-refractivity contribution in [3.63, 3.8) is 0 Å². The van der Waals surface area contributed by atoms with Gasteiger partial charge in [0.1, 0.15) is 12.6 Å². The molecule has 2 aliphatic heterocycles. The topological polar surface area (TPSA) is 79.5 Å². The average Bonchev–Trinajstić information content (AvgIpc) is 2.77. The van der Waals surface area contributed by atoms with Gasteiger partial charge in [0.05, 0.1) is 5.92 Å². The zero-order chi connectivity index (χ0) is 9.97. The van der Waals surface area contributed by atoms with Crippen LogP contribution in [-0.2, 0) is 14.4 Å². The zero-order valence-electron chi connectivity index (χ0n) is 7.71. The summed E-state index contributed by atoms with van der Waals surface area (Å²) in [7, 11) is 0. The van der Waals surface area contributed by atoms with Crippen LogP contribution in [0.4, 0.5) is 0 Å². The van der Waals surface area contributed by atoms with E-state index < -0.39 is 6.04 Å². The summed E-state index contributed by atoms with van der Waals surface area (Å²) >= 11 is 0. The minimum absolute atomic E-state index is 0.0107. The molecule has 2 aliphatic rings. The molecule has 0 spiro atoms. The van der Waals surface area contributed by atoms with Gasteiger partial charge in [-0.2, -0.15) is 0 Å². The molecule has 0 unspecified atom stereocenters. The highest BCUT2D eigenvalue weighted by Gasteiger charge is 2.30. The number of hydroxylamine groups is 1. The van der Waals surface area contributed by atoms with Crippen molar-refractivity contribution in [2.24, 2.45) is 5.92 Å². The van der Waals surface area contributed by atoms with Crippen LogP contribution in [0.5, 0.6) is 0 Å². The Morgan fingerprint density at radius 2 is 2.43 bits per heavy atom. The van der Waals surface area contributed by atoms with E-state index in [2.05, 4.69) is 16.1 Å². The van der Waals surface area contributed by atoms with Crippen LogP contribution in [0.3, 0.4) is 0 Å². The monoisotopic (exact) mass is 199 g/mol. The maximum Gasteiger partial charge on any atom is 0.268 e. The van der Waals surface area contributed by atoms with E-state index in [1.165, 1.54) is 0 Å². The summed E-state index contributed by atoms with van der Waals surface area (Å²) < 4.78 is 0. The maximum atomic E-state index is 11.6. The van der Waals surface area contributed by atoms with Crippen molar-refractivity contribution in [1.29, 1.82) is 0 Å². The van der Waals surface area contributed by atoms with Crippen molar-refractivity contribution in [1.82, 2.24) is 16.1 Å². The van der Waals surface area contributed by atoms with Crippen LogP contribution >= 0.6 is 0 Å². The lowest BCUT2D eigenvalue weighted by Crippen LogP contribution is -2.44. The molecule has 0 aromatic carbocycles. The lowest BCUT2D eigenvalue weighted by molar-refractivity contribution is -0.130. The highest BCUT2D eigenvalue weighted by Crippen LogP contribution is 2.08. The van der Waals surface area contributed by atoms with Crippen LogP contribution in [-0.4, -0.2) is 37.6 Å². The molecule has 0 bridgehead atoms. The molecule has 0 aromatic heterocycles. The smallest absolute Gasteiger partial charge is 0.268 e. The summed E-state index contributed by atoms with van der Waals surface area (Å²) in [5, 5.41) is 5.75. The fourth-order valence-electron chi connectivity index (χ4n) is 1.62. The van der Waals surface area contributed by atoms with Crippen molar-refractivity contribution in [3.8, 4) is 0 Å². The number of amides is 2. The van der Waals surface area contributed by atoms with Gasteiger partial charge < -0.3 is 10.6 Å². The lowest BCUT2D eigenvalue weighted by Gasteiger charge is -2.12. The maximum absolute atomic E-state index is 11.6. The van der Waals surface area contributed by atoms with E-state index in [0.29, 0.717) is 6.54 Å². The van der Waals surface area contributed by atoms with E-state index in [0.717, 1.165) is 13.0 Å². The number of carbonyl (C=O) groups is 2. The van der Waals surface area contributed by atoms with Gasteiger partial charge >= 0.3 is 0 Å². The van der Waals surface area contributed by atoms with Crippen LogP contribution in [0.2, 0.25) is 0 Å². The van der Waals surface area contributed by atoms with Crippen LogP contribution < -0.4 is 16.1 Å². The molecule has 78 valence electrons. The van der Waals surface area contributed by atoms with Crippen LogP contribution in [0.1, 0.15) is 6.42 Å². The van der Waals surface area contributed by atoms with Crippen molar-refractivity contribution in [3.05, 3.63) is 0 Å². The molecule has 0 radical (unpaired) electrons. The Kier molecular flexibility index (Phi) is 2.64. The van der Waals surface area contributed by atoms with Crippen molar-refractivity contribution < 1.29 is 14.4 Å². The third-order valence-electron chi connectivity index (χ3n) is 2.49. The molecule has 0 aromatic rings. The van der Waals surface area contributed by atoms with E-state index in [9.17, 15) is 9.59 Å². The molecule has 6 nitrogen and oxygen atoms in total. The van der Waals surface area contributed by atoms with Crippen molar-refractivity contribution in [2.45, 2.75) is 12.5 Å². The molecule has 0 saturated carbocycles. The highest BCUT2D eigenvalue weighted by atomic mass is 16.7. The second-order valence-corrected chi connectivity index (χ2v) is 3.53. The number of rotatable bonds is 2. The summed E-state index contributed by atoms with van der Waals surface area (Å²) in [4.78, 5) is 27.3. The molecular formula is C8H13N3O3. The molecule has 2 heterocycles. The van der Waals surface area contributed by atoms with Gasteiger partial charge in [0.2, 0.25) is 5.91 Å². The van der Waals surface area contributed by atoms with Crippen molar-refractivity contribution >= 4 is 11.8 Å². The SMILES string of the molecule is O=C(N[C@@H]1CONC1=O)[C@H]1CCNC1. The molecule has 14 heavy (non-hydrogen) atoms. The first-order chi connectivity index (χ1) is 6.77. The van der Waals surface area contributed by atoms with E-state index in [4.69, 9.17) is 4.84 Å². The predicted octanol–water partition coefficient (Wildman–Crippen LogP) is -1.86. The molecule has 6 heteroatoms. The van der Waals surface area contributed by atoms with Crippen LogP contribution in [0, 0.1) is 5.92 Å². The molecule has 2 rings (SSSR count). The summed E-state index contributed by atoms with van der Waals surface area (Å²) in [6.45, 7) is 1.78.